The van der Waals surface area contributed by atoms with Crippen molar-refractivity contribution in [1.29, 1.82) is 0 Å². The van der Waals surface area contributed by atoms with E-state index in [1.807, 2.05) is 19.0 Å². The van der Waals surface area contributed by atoms with Crippen LogP contribution in [0.2, 0.25) is 5.02 Å². The monoisotopic (exact) mass is 373 g/mol. The quantitative estimate of drug-likeness (QED) is 0.736. The van der Waals surface area contributed by atoms with Crippen molar-refractivity contribution in [3.8, 4) is 0 Å². The SMILES string of the molecule is CN(C)CCCNC(=O)[C@@H]1CCCN1S(=O)(=O)c1ccc(Cl)cc1. The maximum absolute atomic E-state index is 12.8. The van der Waals surface area contributed by atoms with Crippen molar-refractivity contribution in [2.75, 3.05) is 33.7 Å². The molecule has 1 aliphatic rings. The molecule has 0 aromatic heterocycles. The molecular formula is C16H24ClN3O3S. The first-order valence-electron chi connectivity index (χ1n) is 8.02. The fourth-order valence-corrected chi connectivity index (χ4v) is 4.54. The van der Waals surface area contributed by atoms with Gasteiger partial charge in [0.1, 0.15) is 6.04 Å². The molecule has 8 heteroatoms. The average molecular weight is 374 g/mol. The first-order chi connectivity index (χ1) is 11.3. The number of halogens is 1. The Morgan fingerprint density at radius 3 is 2.62 bits per heavy atom. The van der Waals surface area contributed by atoms with Crippen LogP contribution in [0.3, 0.4) is 0 Å². The summed E-state index contributed by atoms with van der Waals surface area (Å²) < 4.78 is 26.9. The third kappa shape index (κ3) is 4.69. The molecule has 134 valence electrons. The van der Waals surface area contributed by atoms with Crippen molar-refractivity contribution in [1.82, 2.24) is 14.5 Å². The zero-order valence-electron chi connectivity index (χ0n) is 14.0. The number of benzene rings is 1. The van der Waals surface area contributed by atoms with Crippen molar-refractivity contribution in [3.63, 3.8) is 0 Å². The van der Waals surface area contributed by atoms with E-state index in [9.17, 15) is 13.2 Å². The molecule has 1 atom stereocenters. The Labute approximate surface area is 148 Å². The van der Waals surface area contributed by atoms with Crippen LogP contribution in [0.1, 0.15) is 19.3 Å². The maximum atomic E-state index is 12.8. The Hall–Kier alpha value is -1.15. The van der Waals surface area contributed by atoms with Crippen molar-refractivity contribution in [2.24, 2.45) is 0 Å². The van der Waals surface area contributed by atoms with Gasteiger partial charge in [0.15, 0.2) is 0 Å². The summed E-state index contributed by atoms with van der Waals surface area (Å²) in [4.78, 5) is 14.6. The highest BCUT2D eigenvalue weighted by Crippen LogP contribution is 2.26. The minimum atomic E-state index is -3.69. The third-order valence-corrected chi connectivity index (χ3v) is 6.18. The lowest BCUT2D eigenvalue weighted by molar-refractivity contribution is -0.124. The topological polar surface area (TPSA) is 69.7 Å². The third-order valence-electron chi connectivity index (χ3n) is 4.01. The first-order valence-corrected chi connectivity index (χ1v) is 9.84. The molecule has 1 saturated heterocycles. The van der Waals surface area contributed by atoms with E-state index in [2.05, 4.69) is 5.32 Å². The molecule has 1 amide bonds. The summed E-state index contributed by atoms with van der Waals surface area (Å²) in [5.41, 5.74) is 0. The molecular weight excluding hydrogens is 350 g/mol. The van der Waals surface area contributed by atoms with Crippen molar-refractivity contribution < 1.29 is 13.2 Å². The second-order valence-electron chi connectivity index (χ2n) is 6.18. The van der Waals surface area contributed by atoms with Gasteiger partial charge in [-0.15, -0.1) is 0 Å². The van der Waals surface area contributed by atoms with E-state index in [1.165, 1.54) is 16.4 Å². The van der Waals surface area contributed by atoms with Crippen molar-refractivity contribution in [3.05, 3.63) is 29.3 Å². The Kier molecular flexibility index (Phi) is 6.62. The largest absolute Gasteiger partial charge is 0.355 e. The average Bonchev–Trinajstić information content (AvgIpc) is 3.02. The second-order valence-corrected chi connectivity index (χ2v) is 8.50. The van der Waals surface area contributed by atoms with E-state index in [0.29, 0.717) is 31.0 Å². The molecule has 0 bridgehead atoms. The van der Waals surface area contributed by atoms with Gasteiger partial charge < -0.3 is 10.2 Å². The van der Waals surface area contributed by atoms with Crippen LogP contribution in [-0.4, -0.2) is 63.3 Å². The fourth-order valence-electron chi connectivity index (χ4n) is 2.76. The molecule has 1 heterocycles. The van der Waals surface area contributed by atoms with E-state index in [-0.39, 0.29) is 10.8 Å². The van der Waals surface area contributed by atoms with Crippen LogP contribution in [0, 0.1) is 0 Å². The Morgan fingerprint density at radius 1 is 1.33 bits per heavy atom. The summed E-state index contributed by atoms with van der Waals surface area (Å²) in [5, 5.41) is 3.33. The number of sulfonamides is 1. The number of carbonyl (C=O) groups excluding carboxylic acids is 1. The maximum Gasteiger partial charge on any atom is 0.243 e. The van der Waals surface area contributed by atoms with Gasteiger partial charge in [0, 0.05) is 18.1 Å². The smallest absolute Gasteiger partial charge is 0.243 e. The standard InChI is InChI=1S/C16H24ClN3O3S/c1-19(2)11-4-10-18-16(21)15-5-3-12-20(15)24(22,23)14-8-6-13(17)7-9-14/h6-9,15H,3-5,10-12H2,1-2H3,(H,18,21)/t15-/m0/s1. The molecule has 2 rings (SSSR count). The minimum Gasteiger partial charge on any atom is -0.355 e. The summed E-state index contributed by atoms with van der Waals surface area (Å²) in [6, 6.07) is 5.40. The van der Waals surface area contributed by atoms with Crippen LogP contribution < -0.4 is 5.32 Å². The number of hydrogen-bond acceptors (Lipinski definition) is 4. The van der Waals surface area contributed by atoms with Gasteiger partial charge in [0.05, 0.1) is 4.90 Å². The summed E-state index contributed by atoms with van der Waals surface area (Å²) in [5.74, 6) is -0.219. The first kappa shape index (κ1) is 19.2. The molecule has 1 N–H and O–H groups in total. The summed E-state index contributed by atoms with van der Waals surface area (Å²) in [7, 11) is 0.255. The number of nitrogens with zero attached hydrogens (tertiary/aromatic N) is 2. The molecule has 0 spiro atoms. The second kappa shape index (κ2) is 8.29. The lowest BCUT2D eigenvalue weighted by Crippen LogP contribution is -2.46. The van der Waals surface area contributed by atoms with E-state index < -0.39 is 16.1 Å². The number of rotatable bonds is 7. The summed E-state index contributed by atoms with van der Waals surface area (Å²) in [6.45, 7) is 1.78. The minimum absolute atomic E-state index is 0.166. The van der Waals surface area contributed by atoms with Crippen LogP contribution >= 0.6 is 11.6 Å². The van der Waals surface area contributed by atoms with Crippen LogP contribution in [-0.2, 0) is 14.8 Å². The molecule has 1 fully saturated rings. The van der Waals surface area contributed by atoms with Gasteiger partial charge in [-0.25, -0.2) is 8.42 Å². The highest BCUT2D eigenvalue weighted by Gasteiger charge is 2.39. The lowest BCUT2D eigenvalue weighted by atomic mass is 10.2. The van der Waals surface area contributed by atoms with Gasteiger partial charge in [-0.2, -0.15) is 4.31 Å². The molecule has 0 saturated carbocycles. The lowest BCUT2D eigenvalue weighted by Gasteiger charge is -2.23. The Bertz CT molecular complexity index is 662. The highest BCUT2D eigenvalue weighted by molar-refractivity contribution is 7.89. The van der Waals surface area contributed by atoms with Gasteiger partial charge in [-0.3, -0.25) is 4.79 Å². The fraction of sp³-hybridized carbons (Fsp3) is 0.562. The van der Waals surface area contributed by atoms with Gasteiger partial charge in [0.25, 0.3) is 0 Å². The van der Waals surface area contributed by atoms with Gasteiger partial charge >= 0.3 is 0 Å². The zero-order valence-corrected chi connectivity index (χ0v) is 15.6. The van der Waals surface area contributed by atoms with Crippen LogP contribution in [0.15, 0.2) is 29.2 Å². The van der Waals surface area contributed by atoms with Crippen LogP contribution in [0.4, 0.5) is 0 Å². The Morgan fingerprint density at radius 2 is 2.00 bits per heavy atom. The van der Waals surface area contributed by atoms with E-state index in [0.717, 1.165) is 13.0 Å². The molecule has 0 aliphatic carbocycles. The number of nitrogens with one attached hydrogen (secondary N) is 1. The van der Waals surface area contributed by atoms with Crippen LogP contribution in [0.25, 0.3) is 0 Å². The van der Waals surface area contributed by atoms with Gasteiger partial charge in [-0.1, -0.05) is 11.6 Å². The predicted molar refractivity (Wildman–Crippen MR) is 94.5 cm³/mol. The highest BCUT2D eigenvalue weighted by atomic mass is 35.5. The summed E-state index contributed by atoms with van der Waals surface area (Å²) >= 11 is 5.82. The normalized spacial score (nSPS) is 18.9. The van der Waals surface area contributed by atoms with Crippen molar-refractivity contribution in [2.45, 2.75) is 30.2 Å². The molecule has 0 unspecified atom stereocenters. The van der Waals surface area contributed by atoms with E-state index >= 15 is 0 Å². The zero-order chi connectivity index (χ0) is 17.7. The van der Waals surface area contributed by atoms with Gasteiger partial charge in [-0.05, 0) is 64.2 Å². The number of carbonyl (C=O) groups is 1. The molecule has 1 aliphatic heterocycles. The van der Waals surface area contributed by atoms with E-state index in [4.69, 9.17) is 11.6 Å². The molecule has 1 aromatic carbocycles. The van der Waals surface area contributed by atoms with Crippen molar-refractivity contribution >= 4 is 27.5 Å². The molecule has 24 heavy (non-hydrogen) atoms. The molecule has 1 aromatic rings. The molecule has 0 radical (unpaired) electrons. The Balaban J connectivity index is 2.03. The van der Waals surface area contributed by atoms with E-state index in [1.54, 1.807) is 12.1 Å². The van der Waals surface area contributed by atoms with Crippen LogP contribution in [0.5, 0.6) is 0 Å². The number of amides is 1. The summed E-state index contributed by atoms with van der Waals surface area (Å²) in [6.07, 6.45) is 2.06. The molecule has 6 nitrogen and oxygen atoms in total. The van der Waals surface area contributed by atoms with Gasteiger partial charge in [0.2, 0.25) is 15.9 Å². The number of hydrogen-bond donors (Lipinski definition) is 1. The predicted octanol–water partition coefficient (Wildman–Crippen LogP) is 1.56.